The Balaban J connectivity index is 2.25. The van der Waals surface area contributed by atoms with Crippen molar-refractivity contribution < 1.29 is 23.7 Å². The van der Waals surface area contributed by atoms with Crippen molar-refractivity contribution in [3.8, 4) is 0 Å². The molecule has 4 atom stereocenters. The average molecular weight is 322 g/mol. The summed E-state index contributed by atoms with van der Waals surface area (Å²) in [4.78, 5) is 11.2. The second kappa shape index (κ2) is 6.69. The van der Waals surface area contributed by atoms with Gasteiger partial charge in [0.25, 0.3) is 0 Å². The maximum absolute atomic E-state index is 11.2. The third kappa shape index (κ3) is 4.61. The van der Waals surface area contributed by atoms with Gasteiger partial charge in [-0.25, -0.2) is 0 Å². The summed E-state index contributed by atoms with van der Waals surface area (Å²) >= 11 is 0. The van der Waals surface area contributed by atoms with Crippen molar-refractivity contribution in [3.05, 3.63) is 37.0 Å². The summed E-state index contributed by atoms with van der Waals surface area (Å²) < 4.78 is 23.9. The third-order valence-corrected chi connectivity index (χ3v) is 3.61. The Morgan fingerprint density at radius 2 is 1.39 bits per heavy atom. The molecule has 0 bridgehead atoms. The molecule has 0 amide bonds. The molecule has 0 aromatic rings. The zero-order valence-corrected chi connectivity index (χ0v) is 14.4. The van der Waals surface area contributed by atoms with Gasteiger partial charge in [-0.3, -0.25) is 4.79 Å². The lowest BCUT2D eigenvalue weighted by Crippen LogP contribution is -2.41. The Bertz CT molecular complexity index is 518. The van der Waals surface area contributed by atoms with Crippen LogP contribution in [0.1, 0.15) is 34.6 Å². The fourth-order valence-corrected chi connectivity index (χ4v) is 2.86. The van der Waals surface area contributed by atoms with Crippen molar-refractivity contribution >= 4 is 5.78 Å². The van der Waals surface area contributed by atoms with E-state index in [2.05, 4.69) is 6.58 Å². The van der Waals surface area contributed by atoms with Gasteiger partial charge in [-0.1, -0.05) is 24.8 Å². The first kappa shape index (κ1) is 18.1. The van der Waals surface area contributed by atoms with Gasteiger partial charge in [-0.15, -0.1) is 0 Å². The quantitative estimate of drug-likeness (QED) is 0.575. The van der Waals surface area contributed by atoms with Crippen LogP contribution in [0.4, 0.5) is 0 Å². The van der Waals surface area contributed by atoms with Crippen LogP contribution in [0.2, 0.25) is 0 Å². The molecule has 2 saturated heterocycles. The molecule has 2 rings (SSSR count). The minimum atomic E-state index is -0.751. The van der Waals surface area contributed by atoms with Crippen LogP contribution in [0.3, 0.4) is 0 Å². The van der Waals surface area contributed by atoms with Gasteiger partial charge in [0, 0.05) is 0 Å². The van der Waals surface area contributed by atoms with Crippen LogP contribution in [-0.2, 0) is 23.7 Å². The van der Waals surface area contributed by atoms with E-state index in [9.17, 15) is 4.79 Å². The van der Waals surface area contributed by atoms with E-state index >= 15 is 0 Å². The van der Waals surface area contributed by atoms with E-state index in [4.69, 9.17) is 18.9 Å². The molecule has 5 nitrogen and oxygen atoms in total. The van der Waals surface area contributed by atoms with E-state index < -0.39 is 11.6 Å². The van der Waals surface area contributed by atoms with Gasteiger partial charge in [0.2, 0.25) is 0 Å². The standard InChI is InChI=1S/C18H26O5/c1-7-8-9-13-15(22-17(3,4)20-13)16-14(11-10-12(2)19)21-18(5,6)23-16/h7-11,13-16H,1H2,2-6H3/b9-8+,11-10+/t13-,14+,15+,16+/m0/s1. The van der Waals surface area contributed by atoms with E-state index in [0.717, 1.165) is 0 Å². The van der Waals surface area contributed by atoms with Crippen molar-refractivity contribution in [1.82, 2.24) is 0 Å². The number of ether oxygens (including phenoxy) is 4. The minimum Gasteiger partial charge on any atom is -0.341 e. The molecule has 0 aromatic heterocycles. The molecule has 23 heavy (non-hydrogen) atoms. The van der Waals surface area contributed by atoms with E-state index in [0.29, 0.717) is 0 Å². The summed E-state index contributed by atoms with van der Waals surface area (Å²) in [7, 11) is 0. The molecule has 0 unspecified atom stereocenters. The minimum absolute atomic E-state index is 0.0379. The Morgan fingerprint density at radius 3 is 1.83 bits per heavy atom. The summed E-state index contributed by atoms with van der Waals surface area (Å²) in [6, 6.07) is 0. The fourth-order valence-electron chi connectivity index (χ4n) is 2.86. The van der Waals surface area contributed by atoms with Crippen molar-refractivity contribution in [1.29, 1.82) is 0 Å². The monoisotopic (exact) mass is 322 g/mol. The van der Waals surface area contributed by atoms with Gasteiger partial charge in [-0.05, 0) is 46.8 Å². The van der Waals surface area contributed by atoms with E-state index in [-0.39, 0.29) is 30.2 Å². The molecule has 2 aliphatic rings. The first-order valence-corrected chi connectivity index (χ1v) is 7.83. The smallest absolute Gasteiger partial charge is 0.164 e. The number of carbonyl (C=O) groups is 1. The predicted molar refractivity (Wildman–Crippen MR) is 86.8 cm³/mol. The normalized spacial score (nSPS) is 36.0. The lowest BCUT2D eigenvalue weighted by Gasteiger charge is -2.24. The average Bonchev–Trinajstić information content (AvgIpc) is 2.89. The highest BCUT2D eigenvalue weighted by molar-refractivity contribution is 5.87. The maximum atomic E-state index is 11.2. The van der Waals surface area contributed by atoms with Gasteiger partial charge in [0.15, 0.2) is 17.4 Å². The lowest BCUT2D eigenvalue weighted by atomic mass is 10.0. The highest BCUT2D eigenvalue weighted by atomic mass is 16.8. The van der Waals surface area contributed by atoms with Gasteiger partial charge < -0.3 is 18.9 Å². The van der Waals surface area contributed by atoms with Crippen molar-refractivity contribution in [2.75, 3.05) is 0 Å². The zero-order valence-electron chi connectivity index (χ0n) is 14.4. The molecule has 2 heterocycles. The van der Waals surface area contributed by atoms with Crippen LogP contribution in [0.15, 0.2) is 37.0 Å². The van der Waals surface area contributed by atoms with Crippen LogP contribution in [0.25, 0.3) is 0 Å². The van der Waals surface area contributed by atoms with Gasteiger partial charge in [0.05, 0.1) is 0 Å². The molecule has 2 aliphatic heterocycles. The summed E-state index contributed by atoms with van der Waals surface area (Å²) in [6.07, 6.45) is 7.26. The largest absolute Gasteiger partial charge is 0.341 e. The molecule has 0 aromatic carbocycles. The first-order chi connectivity index (χ1) is 10.6. The molecule has 2 fully saturated rings. The Morgan fingerprint density at radius 1 is 0.913 bits per heavy atom. The van der Waals surface area contributed by atoms with Crippen LogP contribution >= 0.6 is 0 Å². The van der Waals surface area contributed by atoms with Crippen LogP contribution in [0, 0.1) is 0 Å². The van der Waals surface area contributed by atoms with Gasteiger partial charge in [0.1, 0.15) is 24.4 Å². The number of ketones is 1. The third-order valence-electron chi connectivity index (χ3n) is 3.61. The molecule has 128 valence electrons. The lowest BCUT2D eigenvalue weighted by molar-refractivity contribution is -0.174. The number of hydrogen-bond acceptors (Lipinski definition) is 5. The van der Waals surface area contributed by atoms with Crippen LogP contribution in [0.5, 0.6) is 0 Å². The Kier molecular flexibility index (Phi) is 5.26. The van der Waals surface area contributed by atoms with Crippen LogP contribution in [-0.4, -0.2) is 41.8 Å². The van der Waals surface area contributed by atoms with Gasteiger partial charge >= 0.3 is 0 Å². The first-order valence-electron chi connectivity index (χ1n) is 7.83. The fraction of sp³-hybridized carbons (Fsp3) is 0.611. The van der Waals surface area contributed by atoms with Crippen molar-refractivity contribution in [2.45, 2.75) is 70.6 Å². The molecule has 0 radical (unpaired) electrons. The molecule has 0 aliphatic carbocycles. The summed E-state index contributed by atoms with van der Waals surface area (Å²) in [5.74, 6) is -1.51. The zero-order chi connectivity index (χ0) is 17.3. The molecule has 0 N–H and O–H groups in total. The second-order valence-corrected chi connectivity index (χ2v) is 6.72. The Hall–Kier alpha value is -1.27. The number of rotatable bonds is 5. The van der Waals surface area contributed by atoms with Crippen molar-refractivity contribution in [3.63, 3.8) is 0 Å². The maximum Gasteiger partial charge on any atom is 0.164 e. The highest BCUT2D eigenvalue weighted by Gasteiger charge is 2.52. The highest BCUT2D eigenvalue weighted by Crippen LogP contribution is 2.39. The van der Waals surface area contributed by atoms with Crippen molar-refractivity contribution in [2.24, 2.45) is 0 Å². The van der Waals surface area contributed by atoms with Crippen LogP contribution < -0.4 is 0 Å². The number of hydrogen-bond donors (Lipinski definition) is 0. The number of allylic oxidation sites excluding steroid dienone is 3. The summed E-state index contributed by atoms with van der Waals surface area (Å²) in [5.41, 5.74) is 0. The van der Waals surface area contributed by atoms with E-state index in [1.807, 2.05) is 39.8 Å². The predicted octanol–water partition coefficient (Wildman–Crippen LogP) is 2.91. The summed E-state index contributed by atoms with van der Waals surface area (Å²) in [6.45, 7) is 12.6. The number of carbonyl (C=O) groups excluding carboxylic acids is 1. The Labute approximate surface area is 137 Å². The molecule has 0 spiro atoms. The topological polar surface area (TPSA) is 54.0 Å². The second-order valence-electron chi connectivity index (χ2n) is 6.72. The summed E-state index contributed by atoms with van der Waals surface area (Å²) in [5, 5.41) is 0. The SMILES string of the molecule is C=C/C=C/[C@@H]1OC(C)(C)O[C@H]1[C@@H]1OC(C)(C)O[C@@H]1/C=C/C(C)=O. The molecular weight excluding hydrogens is 296 g/mol. The van der Waals surface area contributed by atoms with E-state index in [1.54, 1.807) is 12.2 Å². The molecular formula is C18H26O5. The van der Waals surface area contributed by atoms with Gasteiger partial charge in [-0.2, -0.15) is 0 Å². The molecule has 0 saturated carbocycles. The van der Waals surface area contributed by atoms with E-state index in [1.165, 1.54) is 13.0 Å². The molecule has 5 heteroatoms.